The lowest BCUT2D eigenvalue weighted by Crippen LogP contribution is -2.24. The molecule has 1 aliphatic heterocycles. The molecule has 0 radical (unpaired) electrons. The largest absolute Gasteiger partial charge is 0.454 e. The maximum Gasteiger partial charge on any atom is 0.270 e. The van der Waals surface area contributed by atoms with Gasteiger partial charge < -0.3 is 20.1 Å². The molecular weight excluding hydrogens is 380 g/mol. The summed E-state index contributed by atoms with van der Waals surface area (Å²) in [5.74, 6) is 1.55. The molecule has 2 heterocycles. The smallest absolute Gasteiger partial charge is 0.270 e. The van der Waals surface area contributed by atoms with E-state index in [9.17, 15) is 4.79 Å². The Bertz CT molecular complexity index is 995. The molecule has 0 bridgehead atoms. The van der Waals surface area contributed by atoms with Crippen molar-refractivity contribution >= 4 is 23.5 Å². The van der Waals surface area contributed by atoms with E-state index < -0.39 is 0 Å². The minimum absolute atomic E-state index is 0.239. The quantitative estimate of drug-likeness (QED) is 0.664. The van der Waals surface area contributed by atoms with Gasteiger partial charge in [-0.05, 0) is 41.5 Å². The van der Waals surface area contributed by atoms with E-state index >= 15 is 0 Å². The van der Waals surface area contributed by atoms with Gasteiger partial charge in [0.1, 0.15) is 5.69 Å². The van der Waals surface area contributed by atoms with E-state index in [1.807, 2.05) is 30.3 Å². The number of carbonyl (C=O) groups is 1. The Morgan fingerprint density at radius 1 is 1.00 bits per heavy atom. The summed E-state index contributed by atoms with van der Waals surface area (Å²) in [5, 5.41) is 6.60. The van der Waals surface area contributed by atoms with Gasteiger partial charge in [0.15, 0.2) is 11.5 Å². The van der Waals surface area contributed by atoms with Crippen LogP contribution in [0.1, 0.15) is 21.6 Å². The van der Waals surface area contributed by atoms with Crippen molar-refractivity contribution in [3.63, 3.8) is 0 Å². The first-order chi connectivity index (χ1) is 13.7. The van der Waals surface area contributed by atoms with Gasteiger partial charge in [-0.2, -0.15) is 0 Å². The summed E-state index contributed by atoms with van der Waals surface area (Å²) in [7, 11) is 0. The van der Waals surface area contributed by atoms with Crippen LogP contribution in [0.5, 0.6) is 11.5 Å². The number of fused-ring (bicyclic) bond motifs is 1. The molecule has 0 aliphatic carbocycles. The van der Waals surface area contributed by atoms with Gasteiger partial charge in [0.25, 0.3) is 5.91 Å². The van der Waals surface area contributed by atoms with Crippen molar-refractivity contribution in [3.05, 3.63) is 76.6 Å². The van der Waals surface area contributed by atoms with Gasteiger partial charge in [-0.1, -0.05) is 29.8 Å². The van der Waals surface area contributed by atoms with Gasteiger partial charge in [0.05, 0.1) is 0 Å². The Balaban J connectivity index is 1.35. The van der Waals surface area contributed by atoms with E-state index in [0.29, 0.717) is 24.1 Å². The van der Waals surface area contributed by atoms with Crippen molar-refractivity contribution in [1.82, 2.24) is 15.3 Å². The Hall–Kier alpha value is -3.32. The van der Waals surface area contributed by atoms with Crippen LogP contribution >= 0.6 is 11.6 Å². The molecule has 4 rings (SSSR count). The standard InChI is InChI=1S/C20H17ClN4O3/c21-15-4-1-13(2-5-15)10-23-19(26)16-7-8-22-20(25-16)24-11-14-3-6-17-18(9-14)28-12-27-17/h1-9H,10-12H2,(H,23,26)(H,22,24,25). The lowest BCUT2D eigenvalue weighted by atomic mass is 10.2. The molecule has 0 spiro atoms. The number of nitrogens with one attached hydrogen (secondary N) is 2. The molecule has 0 unspecified atom stereocenters. The monoisotopic (exact) mass is 396 g/mol. The topological polar surface area (TPSA) is 85.4 Å². The number of halogens is 1. The summed E-state index contributed by atoms with van der Waals surface area (Å²) >= 11 is 5.86. The van der Waals surface area contributed by atoms with Crippen molar-refractivity contribution in [1.29, 1.82) is 0 Å². The highest BCUT2D eigenvalue weighted by Crippen LogP contribution is 2.32. The van der Waals surface area contributed by atoms with Crippen LogP contribution in [0.15, 0.2) is 54.7 Å². The van der Waals surface area contributed by atoms with Crippen molar-refractivity contribution in [3.8, 4) is 11.5 Å². The summed E-state index contributed by atoms with van der Waals surface area (Å²) < 4.78 is 10.7. The summed E-state index contributed by atoms with van der Waals surface area (Å²) in [6.07, 6.45) is 1.55. The molecule has 8 heteroatoms. The van der Waals surface area contributed by atoms with E-state index in [4.69, 9.17) is 21.1 Å². The fourth-order valence-corrected chi connectivity index (χ4v) is 2.80. The number of benzene rings is 2. The van der Waals surface area contributed by atoms with Crippen LogP contribution in [-0.2, 0) is 13.1 Å². The normalized spacial score (nSPS) is 11.9. The van der Waals surface area contributed by atoms with Crippen LogP contribution in [0.25, 0.3) is 0 Å². The third kappa shape index (κ3) is 4.32. The molecule has 0 atom stereocenters. The molecule has 142 valence electrons. The SMILES string of the molecule is O=C(NCc1ccc(Cl)cc1)c1ccnc(NCc2ccc3c(c2)OCO3)n1. The lowest BCUT2D eigenvalue weighted by molar-refractivity contribution is 0.0946. The highest BCUT2D eigenvalue weighted by atomic mass is 35.5. The number of amides is 1. The van der Waals surface area contributed by atoms with Gasteiger partial charge in [-0.25, -0.2) is 9.97 Å². The Labute approximate surface area is 166 Å². The minimum Gasteiger partial charge on any atom is -0.454 e. The number of anilines is 1. The third-order valence-electron chi connectivity index (χ3n) is 4.14. The average Bonchev–Trinajstić information content (AvgIpc) is 3.20. The van der Waals surface area contributed by atoms with Crippen LogP contribution in [-0.4, -0.2) is 22.7 Å². The molecule has 1 amide bonds. The van der Waals surface area contributed by atoms with E-state index in [1.165, 1.54) is 0 Å². The zero-order valence-electron chi connectivity index (χ0n) is 14.8. The van der Waals surface area contributed by atoms with E-state index in [1.54, 1.807) is 24.4 Å². The van der Waals surface area contributed by atoms with Crippen LogP contribution < -0.4 is 20.1 Å². The van der Waals surface area contributed by atoms with Gasteiger partial charge in [0, 0.05) is 24.3 Å². The van der Waals surface area contributed by atoms with Gasteiger partial charge in [0.2, 0.25) is 12.7 Å². The zero-order valence-corrected chi connectivity index (χ0v) is 15.6. The van der Waals surface area contributed by atoms with E-state index in [0.717, 1.165) is 22.6 Å². The van der Waals surface area contributed by atoms with Gasteiger partial charge in [-0.3, -0.25) is 4.79 Å². The predicted molar refractivity (Wildman–Crippen MR) is 105 cm³/mol. The van der Waals surface area contributed by atoms with Gasteiger partial charge in [-0.15, -0.1) is 0 Å². The average molecular weight is 397 g/mol. The molecular formula is C20H17ClN4O3. The molecule has 0 saturated heterocycles. The van der Waals surface area contributed by atoms with Crippen LogP contribution in [0.4, 0.5) is 5.95 Å². The second-order valence-electron chi connectivity index (χ2n) is 6.12. The predicted octanol–water partition coefficient (Wildman–Crippen LogP) is 3.40. The molecule has 0 fully saturated rings. The maximum absolute atomic E-state index is 12.4. The van der Waals surface area contributed by atoms with Crippen molar-refractivity contribution < 1.29 is 14.3 Å². The second-order valence-corrected chi connectivity index (χ2v) is 6.55. The molecule has 0 saturated carbocycles. The first-order valence-corrected chi connectivity index (χ1v) is 9.03. The van der Waals surface area contributed by atoms with Crippen LogP contribution in [0.3, 0.4) is 0 Å². The summed E-state index contributed by atoms with van der Waals surface area (Å²) in [5.41, 5.74) is 2.23. The lowest BCUT2D eigenvalue weighted by Gasteiger charge is -2.08. The number of carbonyl (C=O) groups excluding carboxylic acids is 1. The molecule has 3 aromatic rings. The molecule has 2 N–H and O–H groups in total. The number of hydrogen-bond acceptors (Lipinski definition) is 6. The van der Waals surface area contributed by atoms with Crippen LogP contribution in [0, 0.1) is 0 Å². The van der Waals surface area contributed by atoms with E-state index in [-0.39, 0.29) is 18.4 Å². The fourth-order valence-electron chi connectivity index (χ4n) is 2.68. The van der Waals surface area contributed by atoms with E-state index in [2.05, 4.69) is 20.6 Å². The Morgan fingerprint density at radius 3 is 2.64 bits per heavy atom. The first kappa shape index (κ1) is 18.1. The molecule has 1 aromatic heterocycles. The fraction of sp³-hybridized carbons (Fsp3) is 0.150. The van der Waals surface area contributed by atoms with Crippen LogP contribution in [0.2, 0.25) is 5.02 Å². The molecule has 28 heavy (non-hydrogen) atoms. The highest BCUT2D eigenvalue weighted by molar-refractivity contribution is 6.30. The molecule has 7 nitrogen and oxygen atoms in total. The number of nitrogens with zero attached hydrogens (tertiary/aromatic N) is 2. The number of rotatable bonds is 6. The molecule has 2 aromatic carbocycles. The Kier molecular flexibility index (Phi) is 5.25. The summed E-state index contributed by atoms with van der Waals surface area (Å²) in [4.78, 5) is 20.8. The number of ether oxygens (including phenoxy) is 2. The summed E-state index contributed by atoms with van der Waals surface area (Å²) in [6, 6.07) is 14.6. The second kappa shape index (κ2) is 8.14. The molecule has 1 aliphatic rings. The van der Waals surface area contributed by atoms with Crippen molar-refractivity contribution in [2.45, 2.75) is 13.1 Å². The minimum atomic E-state index is -0.275. The van der Waals surface area contributed by atoms with Crippen molar-refractivity contribution in [2.75, 3.05) is 12.1 Å². The summed E-state index contributed by atoms with van der Waals surface area (Å²) in [6.45, 7) is 1.12. The van der Waals surface area contributed by atoms with Crippen molar-refractivity contribution in [2.24, 2.45) is 0 Å². The Morgan fingerprint density at radius 2 is 1.79 bits per heavy atom. The van der Waals surface area contributed by atoms with Gasteiger partial charge >= 0.3 is 0 Å². The highest BCUT2D eigenvalue weighted by Gasteiger charge is 2.13. The maximum atomic E-state index is 12.4. The first-order valence-electron chi connectivity index (χ1n) is 8.65. The third-order valence-corrected chi connectivity index (χ3v) is 4.39. The zero-order chi connectivity index (χ0) is 19.3. The number of hydrogen-bond donors (Lipinski definition) is 2. The number of aromatic nitrogens is 2.